The van der Waals surface area contributed by atoms with E-state index in [4.69, 9.17) is 4.52 Å². The summed E-state index contributed by atoms with van der Waals surface area (Å²) < 4.78 is 5.24. The Hall–Kier alpha value is -2.14. The monoisotopic (exact) mass is 285 g/mol. The van der Waals surface area contributed by atoms with Gasteiger partial charge in [-0.2, -0.15) is 0 Å². The Morgan fingerprint density at radius 2 is 2.10 bits per heavy atom. The molecule has 1 aliphatic carbocycles. The molecule has 21 heavy (non-hydrogen) atoms. The number of amides is 1. The van der Waals surface area contributed by atoms with Crippen LogP contribution in [0.4, 0.5) is 0 Å². The minimum absolute atomic E-state index is 0.141. The summed E-state index contributed by atoms with van der Waals surface area (Å²) in [7, 11) is 2.01. The molecule has 110 valence electrons. The van der Waals surface area contributed by atoms with Crippen molar-refractivity contribution in [3.63, 3.8) is 0 Å². The largest absolute Gasteiger partial charge is 0.359 e. The number of nitrogens with zero attached hydrogens (tertiary/aromatic N) is 2. The average Bonchev–Trinajstić information content (AvgIpc) is 3.16. The minimum atomic E-state index is -0.141. The van der Waals surface area contributed by atoms with E-state index in [9.17, 15) is 4.79 Å². The second kappa shape index (κ2) is 6.10. The predicted octanol–water partition coefficient (Wildman–Crippen LogP) is 2.20. The van der Waals surface area contributed by atoms with Gasteiger partial charge in [-0.1, -0.05) is 35.5 Å². The average molecular weight is 285 g/mol. The van der Waals surface area contributed by atoms with Crippen molar-refractivity contribution in [3.05, 3.63) is 53.4 Å². The number of hydrogen-bond donors (Lipinski definition) is 1. The molecule has 1 amide bonds. The van der Waals surface area contributed by atoms with Gasteiger partial charge >= 0.3 is 0 Å². The molecule has 0 bridgehead atoms. The maximum Gasteiger partial charge on any atom is 0.273 e. The first-order valence-electron chi connectivity index (χ1n) is 7.19. The lowest BCUT2D eigenvalue weighted by atomic mass is 10.2. The highest BCUT2D eigenvalue weighted by Crippen LogP contribution is 2.19. The van der Waals surface area contributed by atoms with Crippen LogP contribution in [-0.4, -0.2) is 29.1 Å². The number of aromatic nitrogens is 1. The molecule has 0 saturated heterocycles. The Morgan fingerprint density at radius 3 is 2.81 bits per heavy atom. The Bertz CT molecular complexity index is 605. The Kier molecular flexibility index (Phi) is 4.01. The van der Waals surface area contributed by atoms with Crippen molar-refractivity contribution in [2.45, 2.75) is 32.0 Å². The summed E-state index contributed by atoms with van der Waals surface area (Å²) >= 11 is 0. The van der Waals surface area contributed by atoms with Crippen LogP contribution in [0.3, 0.4) is 0 Å². The number of nitrogens with one attached hydrogen (secondary N) is 1. The highest BCUT2D eigenvalue weighted by atomic mass is 16.5. The molecule has 1 aliphatic rings. The van der Waals surface area contributed by atoms with Gasteiger partial charge in [-0.3, -0.25) is 9.69 Å². The molecule has 0 spiro atoms. The van der Waals surface area contributed by atoms with Gasteiger partial charge in [0, 0.05) is 18.7 Å². The van der Waals surface area contributed by atoms with Crippen LogP contribution in [0.25, 0.3) is 0 Å². The van der Waals surface area contributed by atoms with Gasteiger partial charge in [-0.15, -0.1) is 0 Å². The molecular formula is C16H19N3O2. The maximum absolute atomic E-state index is 11.8. The number of carbonyl (C=O) groups is 1. The van der Waals surface area contributed by atoms with E-state index in [1.807, 2.05) is 25.2 Å². The molecule has 3 rings (SSSR count). The molecule has 1 aromatic heterocycles. The standard InChI is InChI=1S/C16H19N3O2/c1-19(10-12-5-3-2-4-6-12)11-14-9-15(18-21-14)16(20)17-13-7-8-13/h2-6,9,13H,7-8,10-11H2,1H3,(H,17,20). The van der Waals surface area contributed by atoms with Gasteiger partial charge < -0.3 is 9.84 Å². The number of rotatable bonds is 6. The fourth-order valence-corrected chi connectivity index (χ4v) is 2.20. The first-order valence-corrected chi connectivity index (χ1v) is 7.19. The molecule has 1 fully saturated rings. The summed E-state index contributed by atoms with van der Waals surface area (Å²) in [6.45, 7) is 1.45. The van der Waals surface area contributed by atoms with E-state index < -0.39 is 0 Å². The summed E-state index contributed by atoms with van der Waals surface area (Å²) in [6, 6.07) is 12.3. The Labute approximate surface area is 123 Å². The first-order chi connectivity index (χ1) is 10.2. The van der Waals surface area contributed by atoms with Crippen molar-refractivity contribution >= 4 is 5.91 Å². The number of carbonyl (C=O) groups excluding carboxylic acids is 1. The fourth-order valence-electron chi connectivity index (χ4n) is 2.20. The molecule has 0 aliphatic heterocycles. The van der Waals surface area contributed by atoms with E-state index in [0.717, 1.165) is 19.4 Å². The normalized spacial score (nSPS) is 14.4. The number of benzene rings is 1. The van der Waals surface area contributed by atoms with Crippen molar-refractivity contribution < 1.29 is 9.32 Å². The van der Waals surface area contributed by atoms with Crippen LogP contribution in [0.5, 0.6) is 0 Å². The van der Waals surface area contributed by atoms with Crippen molar-refractivity contribution in [2.24, 2.45) is 0 Å². The molecule has 1 saturated carbocycles. The molecule has 0 radical (unpaired) electrons. The van der Waals surface area contributed by atoms with Crippen LogP contribution in [0.15, 0.2) is 40.9 Å². The lowest BCUT2D eigenvalue weighted by Crippen LogP contribution is -2.25. The van der Waals surface area contributed by atoms with Crippen molar-refractivity contribution in [3.8, 4) is 0 Å². The molecule has 1 N–H and O–H groups in total. The van der Waals surface area contributed by atoms with Crippen LogP contribution < -0.4 is 5.32 Å². The molecule has 1 aromatic carbocycles. The van der Waals surface area contributed by atoms with Crippen molar-refractivity contribution in [1.29, 1.82) is 0 Å². The first kappa shape index (κ1) is 13.8. The van der Waals surface area contributed by atoms with Crippen LogP contribution in [0, 0.1) is 0 Å². The molecule has 0 unspecified atom stereocenters. The third kappa shape index (κ3) is 3.92. The SMILES string of the molecule is CN(Cc1ccccc1)Cc1cc(C(=O)NC2CC2)no1. The summed E-state index contributed by atoms with van der Waals surface area (Å²) in [4.78, 5) is 14.0. The van der Waals surface area contributed by atoms with Gasteiger partial charge in [0.25, 0.3) is 5.91 Å². The van der Waals surface area contributed by atoms with Crippen LogP contribution >= 0.6 is 0 Å². The molecule has 5 heteroatoms. The minimum Gasteiger partial charge on any atom is -0.359 e. The molecular weight excluding hydrogens is 266 g/mol. The van der Waals surface area contributed by atoms with Gasteiger partial charge in [-0.05, 0) is 25.5 Å². The van der Waals surface area contributed by atoms with Crippen molar-refractivity contribution in [2.75, 3.05) is 7.05 Å². The summed E-state index contributed by atoms with van der Waals surface area (Å²) in [5.74, 6) is 0.563. The van der Waals surface area contributed by atoms with Gasteiger partial charge in [0.05, 0.1) is 6.54 Å². The van der Waals surface area contributed by atoms with E-state index in [1.54, 1.807) is 6.07 Å². The lowest BCUT2D eigenvalue weighted by molar-refractivity contribution is 0.0942. The highest BCUT2D eigenvalue weighted by molar-refractivity contribution is 5.92. The lowest BCUT2D eigenvalue weighted by Gasteiger charge is -2.14. The zero-order valence-corrected chi connectivity index (χ0v) is 12.1. The second-order valence-corrected chi connectivity index (χ2v) is 5.58. The van der Waals surface area contributed by atoms with E-state index in [-0.39, 0.29) is 5.91 Å². The van der Waals surface area contributed by atoms with E-state index >= 15 is 0 Å². The maximum atomic E-state index is 11.8. The Morgan fingerprint density at radius 1 is 1.33 bits per heavy atom. The van der Waals surface area contributed by atoms with Crippen LogP contribution in [0.2, 0.25) is 0 Å². The van der Waals surface area contributed by atoms with Crippen LogP contribution in [0.1, 0.15) is 34.7 Å². The molecule has 5 nitrogen and oxygen atoms in total. The van der Waals surface area contributed by atoms with Gasteiger partial charge in [0.15, 0.2) is 11.5 Å². The van der Waals surface area contributed by atoms with Gasteiger partial charge in [0.2, 0.25) is 0 Å². The van der Waals surface area contributed by atoms with Crippen LogP contribution in [-0.2, 0) is 13.1 Å². The third-order valence-corrected chi connectivity index (χ3v) is 3.43. The number of hydrogen-bond acceptors (Lipinski definition) is 4. The zero-order valence-electron chi connectivity index (χ0n) is 12.1. The fraction of sp³-hybridized carbons (Fsp3) is 0.375. The topological polar surface area (TPSA) is 58.4 Å². The predicted molar refractivity (Wildman–Crippen MR) is 78.6 cm³/mol. The highest BCUT2D eigenvalue weighted by Gasteiger charge is 2.25. The smallest absolute Gasteiger partial charge is 0.273 e. The van der Waals surface area contributed by atoms with Crippen molar-refractivity contribution in [1.82, 2.24) is 15.4 Å². The van der Waals surface area contributed by atoms with E-state index in [2.05, 4.69) is 27.5 Å². The summed E-state index contributed by atoms with van der Waals surface area (Å²) in [5, 5.41) is 6.74. The Balaban J connectivity index is 1.54. The van der Waals surface area contributed by atoms with E-state index in [1.165, 1.54) is 5.56 Å². The summed E-state index contributed by atoms with van der Waals surface area (Å²) in [6.07, 6.45) is 2.13. The van der Waals surface area contributed by atoms with Gasteiger partial charge in [-0.25, -0.2) is 0 Å². The zero-order chi connectivity index (χ0) is 14.7. The quantitative estimate of drug-likeness (QED) is 0.884. The molecule has 2 aromatic rings. The summed E-state index contributed by atoms with van der Waals surface area (Å²) in [5.41, 5.74) is 1.61. The van der Waals surface area contributed by atoms with Gasteiger partial charge in [0.1, 0.15) is 0 Å². The molecule has 1 heterocycles. The van der Waals surface area contributed by atoms with E-state index in [0.29, 0.717) is 24.0 Å². The second-order valence-electron chi connectivity index (χ2n) is 5.58. The molecule has 0 atom stereocenters. The third-order valence-electron chi connectivity index (χ3n) is 3.43.